The number of unbranched alkanes of at least 4 members (excludes halogenated alkanes) is 2. The summed E-state index contributed by atoms with van der Waals surface area (Å²) in [5.74, 6) is 0. The maximum atomic E-state index is 9.52. The molecule has 0 bridgehead atoms. The molecule has 0 aliphatic heterocycles. The number of aliphatic hydroxyl groups excluding tert-OH is 5. The average Bonchev–Trinajstić information content (AvgIpc) is 2.32. The first kappa shape index (κ1) is 16.8. The summed E-state index contributed by atoms with van der Waals surface area (Å²) >= 11 is 0. The van der Waals surface area contributed by atoms with Crippen LogP contribution >= 0.6 is 0 Å². The minimum Gasteiger partial charge on any atom is -0.396 e. The van der Waals surface area contributed by atoms with Gasteiger partial charge in [-0.15, -0.1) is 0 Å². The maximum absolute atomic E-state index is 9.52. The summed E-state index contributed by atoms with van der Waals surface area (Å²) in [6.45, 7) is 0.858. The van der Waals surface area contributed by atoms with E-state index in [2.05, 4.69) is 5.32 Å². The van der Waals surface area contributed by atoms with Gasteiger partial charge in [0, 0.05) is 19.8 Å². The van der Waals surface area contributed by atoms with Crippen LogP contribution in [0.3, 0.4) is 0 Å². The number of hydrogen-bond acceptors (Lipinski definition) is 6. The monoisotopic (exact) mass is 251 g/mol. The lowest BCUT2D eigenvalue weighted by atomic mass is 10.1. The zero-order valence-electron chi connectivity index (χ0n) is 10.1. The Balaban J connectivity index is 3.53. The summed E-state index contributed by atoms with van der Waals surface area (Å²) in [6.07, 6.45) is -0.776. The van der Waals surface area contributed by atoms with Crippen molar-refractivity contribution in [3.8, 4) is 0 Å². The van der Waals surface area contributed by atoms with Crippen LogP contribution in [-0.4, -0.2) is 70.1 Å². The standard InChI is InChI=1S/C11H25NO5/c13-6-3-1-2-5-12-8-10(16)11(17)9(15)4-7-14/h9-17H,1-8H2. The summed E-state index contributed by atoms with van der Waals surface area (Å²) in [6, 6.07) is 0. The molecule has 0 radical (unpaired) electrons. The lowest BCUT2D eigenvalue weighted by molar-refractivity contribution is -0.0642. The van der Waals surface area contributed by atoms with Crippen molar-refractivity contribution in [1.29, 1.82) is 0 Å². The van der Waals surface area contributed by atoms with Crippen molar-refractivity contribution >= 4 is 0 Å². The van der Waals surface area contributed by atoms with E-state index >= 15 is 0 Å². The van der Waals surface area contributed by atoms with Crippen molar-refractivity contribution in [2.45, 2.75) is 44.0 Å². The molecule has 0 aromatic rings. The Labute approximate surface area is 102 Å². The molecule has 0 saturated carbocycles. The van der Waals surface area contributed by atoms with E-state index in [0.29, 0.717) is 6.54 Å². The Morgan fingerprint density at radius 1 is 0.824 bits per heavy atom. The van der Waals surface area contributed by atoms with Crippen LogP contribution in [0.4, 0.5) is 0 Å². The molecule has 6 N–H and O–H groups in total. The van der Waals surface area contributed by atoms with Gasteiger partial charge >= 0.3 is 0 Å². The van der Waals surface area contributed by atoms with E-state index in [-0.39, 0.29) is 26.2 Å². The minimum atomic E-state index is -1.24. The summed E-state index contributed by atoms with van der Waals surface area (Å²) < 4.78 is 0. The van der Waals surface area contributed by atoms with Crippen molar-refractivity contribution in [2.24, 2.45) is 0 Å². The van der Waals surface area contributed by atoms with Gasteiger partial charge in [-0.05, 0) is 32.2 Å². The summed E-state index contributed by atoms with van der Waals surface area (Å²) in [4.78, 5) is 0. The van der Waals surface area contributed by atoms with Crippen molar-refractivity contribution in [1.82, 2.24) is 5.32 Å². The van der Waals surface area contributed by atoms with Gasteiger partial charge in [0.1, 0.15) is 6.10 Å². The van der Waals surface area contributed by atoms with Crippen LogP contribution in [0.5, 0.6) is 0 Å². The van der Waals surface area contributed by atoms with Crippen LogP contribution in [0, 0.1) is 0 Å². The van der Waals surface area contributed by atoms with Crippen LogP contribution in [-0.2, 0) is 0 Å². The maximum Gasteiger partial charge on any atom is 0.107 e. The fourth-order valence-corrected chi connectivity index (χ4v) is 1.47. The lowest BCUT2D eigenvalue weighted by Crippen LogP contribution is -2.43. The highest BCUT2D eigenvalue weighted by Crippen LogP contribution is 2.03. The molecule has 6 nitrogen and oxygen atoms in total. The van der Waals surface area contributed by atoms with Crippen LogP contribution in [0.1, 0.15) is 25.7 Å². The summed E-state index contributed by atoms with van der Waals surface area (Å²) in [5, 5.41) is 48.4. The summed E-state index contributed by atoms with van der Waals surface area (Å²) in [7, 11) is 0. The molecule has 0 heterocycles. The molecule has 0 amide bonds. The van der Waals surface area contributed by atoms with Gasteiger partial charge in [0.15, 0.2) is 0 Å². The third-order valence-electron chi connectivity index (χ3n) is 2.58. The van der Waals surface area contributed by atoms with Gasteiger partial charge < -0.3 is 30.8 Å². The third-order valence-corrected chi connectivity index (χ3v) is 2.58. The zero-order valence-corrected chi connectivity index (χ0v) is 10.1. The van der Waals surface area contributed by atoms with Crippen molar-refractivity contribution in [3.05, 3.63) is 0 Å². The molecule has 0 rings (SSSR count). The number of aliphatic hydroxyl groups is 5. The van der Waals surface area contributed by atoms with E-state index in [1.165, 1.54) is 0 Å². The predicted octanol–water partition coefficient (Wildman–Crippen LogP) is -1.80. The molecule has 0 saturated heterocycles. The average molecular weight is 251 g/mol. The van der Waals surface area contributed by atoms with E-state index in [1.54, 1.807) is 0 Å². The van der Waals surface area contributed by atoms with Crippen molar-refractivity contribution in [3.63, 3.8) is 0 Å². The second-order valence-electron chi connectivity index (χ2n) is 4.13. The molecular formula is C11H25NO5. The zero-order chi connectivity index (χ0) is 13.1. The van der Waals surface area contributed by atoms with Gasteiger partial charge in [0.25, 0.3) is 0 Å². The minimum absolute atomic E-state index is 0.0503. The topological polar surface area (TPSA) is 113 Å². The van der Waals surface area contributed by atoms with Crippen molar-refractivity contribution in [2.75, 3.05) is 26.3 Å². The molecule has 104 valence electrons. The van der Waals surface area contributed by atoms with Gasteiger partial charge in [-0.25, -0.2) is 0 Å². The number of hydrogen-bond donors (Lipinski definition) is 6. The van der Waals surface area contributed by atoms with Crippen LogP contribution in [0.2, 0.25) is 0 Å². The Kier molecular flexibility index (Phi) is 10.7. The Hall–Kier alpha value is -0.240. The molecular weight excluding hydrogens is 226 g/mol. The molecule has 0 aromatic heterocycles. The van der Waals surface area contributed by atoms with Crippen LogP contribution in [0.25, 0.3) is 0 Å². The molecule has 0 aliphatic carbocycles. The van der Waals surface area contributed by atoms with Crippen molar-refractivity contribution < 1.29 is 25.5 Å². The molecule has 3 atom stereocenters. The molecule has 0 aliphatic rings. The van der Waals surface area contributed by atoms with E-state index in [9.17, 15) is 15.3 Å². The first-order valence-corrected chi connectivity index (χ1v) is 6.10. The van der Waals surface area contributed by atoms with Gasteiger partial charge in [-0.3, -0.25) is 0 Å². The fourth-order valence-electron chi connectivity index (χ4n) is 1.47. The van der Waals surface area contributed by atoms with E-state index in [4.69, 9.17) is 10.2 Å². The smallest absolute Gasteiger partial charge is 0.107 e. The Morgan fingerprint density at radius 3 is 2.12 bits per heavy atom. The first-order chi connectivity index (χ1) is 8.13. The molecule has 6 heteroatoms. The predicted molar refractivity (Wildman–Crippen MR) is 63.5 cm³/mol. The number of nitrogens with one attached hydrogen (secondary N) is 1. The Bertz CT molecular complexity index is 170. The lowest BCUT2D eigenvalue weighted by Gasteiger charge is -2.22. The highest BCUT2D eigenvalue weighted by Gasteiger charge is 2.23. The largest absolute Gasteiger partial charge is 0.396 e. The highest BCUT2D eigenvalue weighted by molar-refractivity contribution is 4.76. The van der Waals surface area contributed by atoms with E-state index < -0.39 is 18.3 Å². The molecule has 0 spiro atoms. The molecule has 17 heavy (non-hydrogen) atoms. The quantitative estimate of drug-likeness (QED) is 0.242. The molecule has 0 aromatic carbocycles. The van der Waals surface area contributed by atoms with Gasteiger partial charge in [-0.1, -0.05) is 0 Å². The second kappa shape index (κ2) is 10.9. The highest BCUT2D eigenvalue weighted by atomic mass is 16.4. The second-order valence-corrected chi connectivity index (χ2v) is 4.13. The van der Waals surface area contributed by atoms with Gasteiger partial charge in [-0.2, -0.15) is 0 Å². The SMILES string of the molecule is OCCCCCNCC(O)C(O)C(O)CCO. The molecule has 3 unspecified atom stereocenters. The number of rotatable bonds is 11. The summed E-state index contributed by atoms with van der Waals surface area (Å²) in [5.41, 5.74) is 0. The van der Waals surface area contributed by atoms with E-state index in [1.807, 2.05) is 0 Å². The van der Waals surface area contributed by atoms with Crippen LogP contribution < -0.4 is 5.32 Å². The van der Waals surface area contributed by atoms with Gasteiger partial charge in [0.05, 0.1) is 12.2 Å². The third kappa shape index (κ3) is 8.48. The van der Waals surface area contributed by atoms with Gasteiger partial charge in [0.2, 0.25) is 0 Å². The fraction of sp³-hybridized carbons (Fsp3) is 1.00. The molecule has 0 fully saturated rings. The van der Waals surface area contributed by atoms with Crippen LogP contribution in [0.15, 0.2) is 0 Å². The normalized spacial score (nSPS) is 16.8. The van der Waals surface area contributed by atoms with E-state index in [0.717, 1.165) is 19.3 Å². The first-order valence-electron chi connectivity index (χ1n) is 6.10. The Morgan fingerprint density at radius 2 is 1.53 bits per heavy atom.